The molecule has 0 saturated heterocycles. The minimum Gasteiger partial charge on any atom is -0.481 e. The number of hydrogen-bond donors (Lipinski definition) is 1. The fourth-order valence-electron chi connectivity index (χ4n) is 3.16. The maximum atomic E-state index is 11.1. The molecule has 0 aromatic rings. The predicted molar refractivity (Wildman–Crippen MR) is 45.8 cm³/mol. The summed E-state index contributed by atoms with van der Waals surface area (Å²) in [5, 5.41) is 9.12. The molecule has 2 aliphatic carbocycles. The molecule has 3 atom stereocenters. The third-order valence-corrected chi connectivity index (χ3v) is 4.00. The number of carboxylic acid groups (broad SMARTS) is 1. The van der Waals surface area contributed by atoms with Gasteiger partial charge in [-0.05, 0) is 38.0 Å². The van der Waals surface area contributed by atoms with Crippen molar-refractivity contribution in [2.45, 2.75) is 39.0 Å². The lowest BCUT2D eigenvalue weighted by molar-refractivity contribution is -0.150. The van der Waals surface area contributed by atoms with Crippen molar-refractivity contribution in [1.82, 2.24) is 0 Å². The summed E-state index contributed by atoms with van der Waals surface area (Å²) in [6.07, 6.45) is 5.71. The highest BCUT2D eigenvalue weighted by Crippen LogP contribution is 2.54. The number of hydrogen-bond acceptors (Lipinski definition) is 1. The van der Waals surface area contributed by atoms with E-state index in [-0.39, 0.29) is 5.41 Å². The van der Waals surface area contributed by atoms with E-state index >= 15 is 0 Å². The summed E-state index contributed by atoms with van der Waals surface area (Å²) in [5.41, 5.74) is -0.388. The summed E-state index contributed by atoms with van der Waals surface area (Å²) in [5.74, 6) is 0.637. The number of aliphatic carboxylic acids is 1. The first-order valence-electron chi connectivity index (χ1n) is 4.88. The van der Waals surface area contributed by atoms with Gasteiger partial charge in [0.25, 0.3) is 0 Å². The van der Waals surface area contributed by atoms with E-state index in [9.17, 15) is 4.79 Å². The zero-order chi connectivity index (χ0) is 8.77. The van der Waals surface area contributed by atoms with Crippen LogP contribution in [0.3, 0.4) is 0 Å². The highest BCUT2D eigenvalue weighted by Gasteiger charge is 2.51. The molecule has 0 amide bonds. The standard InChI is InChI=1S/C10H16O2/c1-10(9(11)12)6-5-7-3-2-4-8(7)10/h7-8H,2-6H2,1H3,(H,11,12)/t7-,8-,10+/m1/s1. The minimum absolute atomic E-state index is 0.388. The summed E-state index contributed by atoms with van der Waals surface area (Å²) >= 11 is 0. The van der Waals surface area contributed by atoms with Gasteiger partial charge in [0, 0.05) is 0 Å². The van der Waals surface area contributed by atoms with Crippen LogP contribution >= 0.6 is 0 Å². The van der Waals surface area contributed by atoms with Gasteiger partial charge >= 0.3 is 5.97 Å². The van der Waals surface area contributed by atoms with Crippen LogP contribution in [0, 0.1) is 17.3 Å². The molecule has 0 aromatic heterocycles. The summed E-state index contributed by atoms with van der Waals surface area (Å²) in [6.45, 7) is 1.94. The van der Waals surface area contributed by atoms with Crippen LogP contribution in [-0.4, -0.2) is 11.1 Å². The molecular weight excluding hydrogens is 152 g/mol. The molecule has 0 heterocycles. The lowest BCUT2D eigenvalue weighted by Gasteiger charge is -2.25. The van der Waals surface area contributed by atoms with E-state index in [1.54, 1.807) is 0 Å². The monoisotopic (exact) mass is 168 g/mol. The fraction of sp³-hybridized carbons (Fsp3) is 0.900. The molecular formula is C10H16O2. The molecule has 0 bridgehead atoms. The van der Waals surface area contributed by atoms with Gasteiger partial charge in [-0.1, -0.05) is 12.8 Å². The summed E-state index contributed by atoms with van der Waals surface area (Å²) < 4.78 is 0. The fourth-order valence-corrected chi connectivity index (χ4v) is 3.16. The van der Waals surface area contributed by atoms with Crippen molar-refractivity contribution >= 4 is 5.97 Å². The first-order valence-corrected chi connectivity index (χ1v) is 4.88. The van der Waals surface area contributed by atoms with Crippen molar-refractivity contribution in [3.05, 3.63) is 0 Å². The maximum Gasteiger partial charge on any atom is 0.309 e. The van der Waals surface area contributed by atoms with Gasteiger partial charge in [0.05, 0.1) is 5.41 Å². The van der Waals surface area contributed by atoms with Gasteiger partial charge in [-0.15, -0.1) is 0 Å². The Morgan fingerprint density at radius 2 is 2.17 bits per heavy atom. The third-order valence-electron chi connectivity index (χ3n) is 4.00. The lowest BCUT2D eigenvalue weighted by Crippen LogP contribution is -2.31. The van der Waals surface area contributed by atoms with Gasteiger partial charge < -0.3 is 5.11 Å². The highest BCUT2D eigenvalue weighted by atomic mass is 16.4. The number of carboxylic acids is 1. The smallest absolute Gasteiger partial charge is 0.309 e. The molecule has 0 radical (unpaired) electrons. The van der Waals surface area contributed by atoms with E-state index in [2.05, 4.69) is 0 Å². The first kappa shape index (κ1) is 8.09. The van der Waals surface area contributed by atoms with E-state index in [0.717, 1.165) is 25.2 Å². The van der Waals surface area contributed by atoms with E-state index in [4.69, 9.17) is 5.11 Å². The molecule has 1 N–H and O–H groups in total. The van der Waals surface area contributed by atoms with Crippen LogP contribution in [0.2, 0.25) is 0 Å². The van der Waals surface area contributed by atoms with Crippen molar-refractivity contribution in [1.29, 1.82) is 0 Å². The van der Waals surface area contributed by atoms with Gasteiger partial charge in [-0.3, -0.25) is 4.79 Å². The second-order valence-corrected chi connectivity index (χ2v) is 4.56. The molecule has 2 fully saturated rings. The molecule has 68 valence electrons. The second-order valence-electron chi connectivity index (χ2n) is 4.56. The molecule has 0 spiro atoms. The number of fused-ring (bicyclic) bond motifs is 1. The van der Waals surface area contributed by atoms with Gasteiger partial charge in [-0.25, -0.2) is 0 Å². The molecule has 0 unspecified atom stereocenters. The van der Waals surface area contributed by atoms with Crippen LogP contribution in [0.1, 0.15) is 39.0 Å². The Hall–Kier alpha value is -0.530. The molecule has 12 heavy (non-hydrogen) atoms. The van der Waals surface area contributed by atoms with Crippen LogP contribution in [0.4, 0.5) is 0 Å². The summed E-state index contributed by atoms with van der Waals surface area (Å²) in [4.78, 5) is 11.1. The van der Waals surface area contributed by atoms with E-state index < -0.39 is 5.97 Å². The Morgan fingerprint density at radius 1 is 1.42 bits per heavy atom. The molecule has 2 saturated carbocycles. The number of rotatable bonds is 1. The second kappa shape index (κ2) is 2.48. The van der Waals surface area contributed by atoms with Gasteiger partial charge in [0.15, 0.2) is 0 Å². The SMILES string of the molecule is C[C@]1(C(=O)O)CC[C@H]2CCC[C@H]21. The lowest BCUT2D eigenvalue weighted by atomic mass is 9.78. The van der Waals surface area contributed by atoms with Crippen molar-refractivity contribution in [2.24, 2.45) is 17.3 Å². The maximum absolute atomic E-state index is 11.1. The molecule has 2 aliphatic rings. The van der Waals surface area contributed by atoms with Crippen molar-refractivity contribution in [3.63, 3.8) is 0 Å². The highest BCUT2D eigenvalue weighted by molar-refractivity contribution is 5.75. The molecule has 2 rings (SSSR count). The van der Waals surface area contributed by atoms with E-state index in [0.29, 0.717) is 5.92 Å². The Balaban J connectivity index is 2.22. The van der Waals surface area contributed by atoms with Crippen LogP contribution < -0.4 is 0 Å². The Morgan fingerprint density at radius 3 is 2.83 bits per heavy atom. The minimum atomic E-state index is -0.572. The van der Waals surface area contributed by atoms with Crippen molar-refractivity contribution < 1.29 is 9.90 Å². The van der Waals surface area contributed by atoms with E-state index in [1.165, 1.54) is 12.8 Å². The zero-order valence-electron chi connectivity index (χ0n) is 7.55. The Kier molecular flexibility index (Phi) is 1.67. The van der Waals surface area contributed by atoms with Gasteiger partial charge in [-0.2, -0.15) is 0 Å². The first-order chi connectivity index (χ1) is 5.64. The Labute approximate surface area is 73.0 Å². The third kappa shape index (κ3) is 0.900. The van der Waals surface area contributed by atoms with Crippen LogP contribution in [0.5, 0.6) is 0 Å². The quantitative estimate of drug-likeness (QED) is 0.652. The van der Waals surface area contributed by atoms with Crippen molar-refractivity contribution in [2.75, 3.05) is 0 Å². The van der Waals surface area contributed by atoms with Gasteiger partial charge in [0.2, 0.25) is 0 Å². The van der Waals surface area contributed by atoms with Crippen LogP contribution in [-0.2, 0) is 4.79 Å². The van der Waals surface area contributed by atoms with Crippen molar-refractivity contribution in [3.8, 4) is 0 Å². The molecule has 2 nitrogen and oxygen atoms in total. The van der Waals surface area contributed by atoms with E-state index in [1.807, 2.05) is 6.92 Å². The normalized spacial score (nSPS) is 46.1. The zero-order valence-corrected chi connectivity index (χ0v) is 7.55. The summed E-state index contributed by atoms with van der Waals surface area (Å²) in [6, 6.07) is 0. The largest absolute Gasteiger partial charge is 0.481 e. The topological polar surface area (TPSA) is 37.3 Å². The average Bonchev–Trinajstić information content (AvgIpc) is 2.54. The Bertz CT molecular complexity index is 212. The van der Waals surface area contributed by atoms with Gasteiger partial charge in [0.1, 0.15) is 0 Å². The van der Waals surface area contributed by atoms with Crippen LogP contribution in [0.25, 0.3) is 0 Å². The molecule has 2 heteroatoms. The molecule has 0 aliphatic heterocycles. The average molecular weight is 168 g/mol. The number of carbonyl (C=O) groups is 1. The van der Waals surface area contributed by atoms with Crippen LogP contribution in [0.15, 0.2) is 0 Å². The predicted octanol–water partition coefficient (Wildman–Crippen LogP) is 2.29. The summed E-state index contributed by atoms with van der Waals surface area (Å²) in [7, 11) is 0. The molecule has 0 aromatic carbocycles.